The number of aryl methyl sites for hydroxylation is 1. The highest BCUT2D eigenvalue weighted by Gasteiger charge is 2.34. The number of hydrogen-bond acceptors (Lipinski definition) is 6. The fourth-order valence-electron chi connectivity index (χ4n) is 4.98. The third-order valence-electron chi connectivity index (χ3n) is 7.14. The lowest BCUT2D eigenvalue weighted by atomic mass is 10.0. The SMILES string of the molecule is CN1CC(=O)N[C@H]2CN(C(=O)c3ccc(=O)[nH]c3)CC[C@H]2OCc2cccc(c2)Oc2cccc(c2)CCC1=O. The number of nitrogens with zero attached hydrogens (tertiary/aromatic N) is 2. The predicted octanol–water partition coefficient (Wildman–Crippen LogP) is 2.49. The molecule has 0 radical (unpaired) electrons. The Balaban J connectivity index is 1.37. The molecular weight excluding hydrogens is 512 g/mol. The third-order valence-corrected chi connectivity index (χ3v) is 7.14. The maximum atomic E-state index is 13.1. The molecule has 208 valence electrons. The Morgan fingerprint density at radius 2 is 1.70 bits per heavy atom. The Morgan fingerprint density at radius 3 is 2.45 bits per heavy atom. The Bertz CT molecular complexity index is 1430. The van der Waals surface area contributed by atoms with Gasteiger partial charge in [0, 0.05) is 38.8 Å². The van der Waals surface area contributed by atoms with Gasteiger partial charge in [-0.1, -0.05) is 24.3 Å². The maximum absolute atomic E-state index is 13.1. The second kappa shape index (κ2) is 12.2. The molecule has 40 heavy (non-hydrogen) atoms. The van der Waals surface area contributed by atoms with Crippen molar-refractivity contribution in [2.75, 3.05) is 26.7 Å². The second-order valence-corrected chi connectivity index (χ2v) is 10.2. The van der Waals surface area contributed by atoms with E-state index < -0.39 is 6.04 Å². The first-order chi connectivity index (χ1) is 19.3. The topological polar surface area (TPSA) is 121 Å². The van der Waals surface area contributed by atoms with Crippen molar-refractivity contribution in [2.45, 2.75) is 38.0 Å². The number of aromatic amines is 1. The number of H-pyrrole nitrogens is 1. The summed E-state index contributed by atoms with van der Waals surface area (Å²) in [6.07, 6.45) is 2.30. The fourth-order valence-corrected chi connectivity index (χ4v) is 4.98. The molecule has 0 unspecified atom stereocenters. The van der Waals surface area contributed by atoms with Crippen LogP contribution in [-0.2, 0) is 27.4 Å². The van der Waals surface area contributed by atoms with Crippen molar-refractivity contribution >= 4 is 17.7 Å². The van der Waals surface area contributed by atoms with Crippen molar-refractivity contribution in [3.05, 3.63) is 93.9 Å². The lowest BCUT2D eigenvalue weighted by molar-refractivity contribution is -0.135. The number of piperidine rings is 1. The van der Waals surface area contributed by atoms with Crippen LogP contribution in [-0.4, -0.2) is 71.3 Å². The number of aromatic nitrogens is 1. The molecule has 2 aliphatic heterocycles. The van der Waals surface area contributed by atoms with Crippen LogP contribution in [0.2, 0.25) is 0 Å². The molecule has 2 atom stereocenters. The number of benzene rings is 2. The van der Waals surface area contributed by atoms with Crippen LogP contribution in [0, 0.1) is 0 Å². The first-order valence-corrected chi connectivity index (χ1v) is 13.3. The molecule has 0 aliphatic carbocycles. The summed E-state index contributed by atoms with van der Waals surface area (Å²) in [6.45, 7) is 0.832. The summed E-state index contributed by atoms with van der Waals surface area (Å²) < 4.78 is 12.4. The minimum absolute atomic E-state index is 0.110. The van der Waals surface area contributed by atoms with Gasteiger partial charge in [0.2, 0.25) is 17.4 Å². The number of carbonyl (C=O) groups excluding carboxylic acids is 3. The number of ether oxygens (including phenoxy) is 2. The number of hydrogen-bond donors (Lipinski definition) is 2. The molecule has 1 fully saturated rings. The van der Waals surface area contributed by atoms with E-state index in [9.17, 15) is 19.2 Å². The van der Waals surface area contributed by atoms with Gasteiger partial charge >= 0.3 is 0 Å². The van der Waals surface area contributed by atoms with E-state index in [1.165, 1.54) is 23.2 Å². The Morgan fingerprint density at radius 1 is 0.950 bits per heavy atom. The predicted molar refractivity (Wildman–Crippen MR) is 147 cm³/mol. The molecule has 1 aromatic heterocycles. The molecule has 3 amide bonds. The molecule has 10 heteroatoms. The van der Waals surface area contributed by atoms with E-state index in [4.69, 9.17) is 9.47 Å². The highest BCUT2D eigenvalue weighted by molar-refractivity contribution is 5.94. The number of pyridine rings is 1. The van der Waals surface area contributed by atoms with Gasteiger partial charge in [0.25, 0.3) is 5.91 Å². The van der Waals surface area contributed by atoms with Crippen LogP contribution in [0.1, 0.15) is 34.3 Å². The van der Waals surface area contributed by atoms with Crippen LogP contribution >= 0.6 is 0 Å². The number of likely N-dealkylation sites (tertiary alicyclic amines) is 1. The van der Waals surface area contributed by atoms with Crippen LogP contribution in [0.3, 0.4) is 0 Å². The zero-order valence-electron chi connectivity index (χ0n) is 22.3. The molecule has 3 aromatic rings. The minimum Gasteiger partial charge on any atom is -0.457 e. The zero-order valence-corrected chi connectivity index (χ0v) is 22.3. The molecule has 2 N–H and O–H groups in total. The largest absolute Gasteiger partial charge is 0.457 e. The van der Waals surface area contributed by atoms with Gasteiger partial charge in [-0.25, -0.2) is 0 Å². The zero-order chi connectivity index (χ0) is 28.1. The first-order valence-electron chi connectivity index (χ1n) is 13.3. The number of fused-ring (bicyclic) bond motifs is 5. The molecule has 2 aliphatic rings. The van der Waals surface area contributed by atoms with Gasteiger partial charge in [-0.15, -0.1) is 0 Å². The van der Waals surface area contributed by atoms with Crippen LogP contribution in [0.15, 0.2) is 71.7 Å². The summed E-state index contributed by atoms with van der Waals surface area (Å²) in [5.74, 6) is 0.620. The van der Waals surface area contributed by atoms with Crippen molar-refractivity contribution in [3.8, 4) is 11.5 Å². The van der Waals surface area contributed by atoms with Crippen LogP contribution in [0.5, 0.6) is 11.5 Å². The number of likely N-dealkylation sites (N-methyl/N-ethyl adjacent to an activating group) is 1. The normalized spacial score (nSPS) is 20.4. The average Bonchev–Trinajstić information content (AvgIpc) is 2.95. The first kappa shape index (κ1) is 27.1. The highest BCUT2D eigenvalue weighted by atomic mass is 16.5. The standard InChI is InChI=1S/C30H32N4O6/c1-33-18-28(36)32-25-17-34(30(38)22-9-10-27(35)31-16-22)13-12-26(25)39-19-21-5-3-7-24(15-21)40-23-6-2-4-20(14-23)8-11-29(33)37/h2-7,9-10,14-16,25-26H,8,11-13,17-19H2,1H3,(H,31,35)(H,32,36)/t25-,26+/m0/s1. The van der Waals surface area contributed by atoms with Crippen LogP contribution in [0.25, 0.3) is 0 Å². The van der Waals surface area contributed by atoms with E-state index in [-0.39, 0.29) is 48.9 Å². The summed E-state index contributed by atoms with van der Waals surface area (Å²) in [5, 5.41) is 3.00. The van der Waals surface area contributed by atoms with E-state index in [2.05, 4.69) is 10.3 Å². The van der Waals surface area contributed by atoms with Gasteiger partial charge in [0.05, 0.1) is 30.9 Å². The number of nitrogens with one attached hydrogen (secondary N) is 2. The van der Waals surface area contributed by atoms with Crippen molar-refractivity contribution in [1.29, 1.82) is 0 Å². The molecule has 0 spiro atoms. The smallest absolute Gasteiger partial charge is 0.255 e. The molecule has 2 aromatic carbocycles. The van der Waals surface area contributed by atoms with Crippen molar-refractivity contribution in [3.63, 3.8) is 0 Å². The number of carbonyl (C=O) groups is 3. The van der Waals surface area contributed by atoms with Crippen LogP contribution < -0.4 is 15.6 Å². The van der Waals surface area contributed by atoms with Crippen molar-refractivity contribution < 1.29 is 23.9 Å². The third kappa shape index (κ3) is 6.76. The van der Waals surface area contributed by atoms with E-state index in [1.807, 2.05) is 48.5 Å². The molecule has 4 bridgehead atoms. The Labute approximate surface area is 231 Å². The number of rotatable bonds is 1. The monoisotopic (exact) mass is 544 g/mol. The lowest BCUT2D eigenvalue weighted by Crippen LogP contribution is -2.58. The summed E-state index contributed by atoms with van der Waals surface area (Å²) >= 11 is 0. The molecular formula is C30H32N4O6. The minimum atomic E-state index is -0.491. The van der Waals surface area contributed by atoms with Gasteiger partial charge in [0.1, 0.15) is 11.5 Å². The molecule has 3 heterocycles. The molecule has 0 saturated carbocycles. The van der Waals surface area contributed by atoms with Crippen LogP contribution in [0.4, 0.5) is 0 Å². The Kier molecular flexibility index (Phi) is 8.26. The summed E-state index contributed by atoms with van der Waals surface area (Å²) in [5.41, 5.74) is 1.94. The summed E-state index contributed by atoms with van der Waals surface area (Å²) in [6, 6.07) is 17.6. The number of amides is 3. The summed E-state index contributed by atoms with van der Waals surface area (Å²) in [7, 11) is 1.60. The molecule has 1 saturated heterocycles. The van der Waals surface area contributed by atoms with Crippen molar-refractivity contribution in [2.24, 2.45) is 0 Å². The second-order valence-electron chi connectivity index (χ2n) is 10.2. The Hall–Kier alpha value is -4.44. The van der Waals surface area contributed by atoms with E-state index in [0.29, 0.717) is 43.1 Å². The van der Waals surface area contributed by atoms with Gasteiger partial charge < -0.3 is 29.6 Å². The maximum Gasteiger partial charge on any atom is 0.255 e. The van der Waals surface area contributed by atoms with E-state index in [1.54, 1.807) is 11.9 Å². The van der Waals surface area contributed by atoms with Crippen molar-refractivity contribution in [1.82, 2.24) is 20.1 Å². The highest BCUT2D eigenvalue weighted by Crippen LogP contribution is 2.25. The fraction of sp³-hybridized carbons (Fsp3) is 0.333. The average molecular weight is 545 g/mol. The molecule has 10 nitrogen and oxygen atoms in total. The van der Waals surface area contributed by atoms with Gasteiger partial charge in [-0.2, -0.15) is 0 Å². The van der Waals surface area contributed by atoms with Gasteiger partial charge in [0.15, 0.2) is 0 Å². The van der Waals surface area contributed by atoms with E-state index in [0.717, 1.165) is 11.1 Å². The lowest BCUT2D eigenvalue weighted by Gasteiger charge is -2.39. The quantitative estimate of drug-likeness (QED) is 0.486. The summed E-state index contributed by atoms with van der Waals surface area (Å²) in [4.78, 5) is 55.9. The van der Waals surface area contributed by atoms with Gasteiger partial charge in [-0.05, 0) is 54.3 Å². The van der Waals surface area contributed by atoms with Gasteiger partial charge in [-0.3, -0.25) is 19.2 Å². The molecule has 5 rings (SSSR count). The van der Waals surface area contributed by atoms with E-state index >= 15 is 0 Å².